The van der Waals surface area contributed by atoms with Crippen molar-refractivity contribution in [3.8, 4) is 0 Å². The summed E-state index contributed by atoms with van der Waals surface area (Å²) in [4.78, 5) is 22.6. The van der Waals surface area contributed by atoms with Crippen LogP contribution in [0.3, 0.4) is 0 Å². The number of aryl methyl sites for hydroxylation is 1. The van der Waals surface area contributed by atoms with Crippen molar-refractivity contribution in [2.24, 2.45) is 0 Å². The van der Waals surface area contributed by atoms with Gasteiger partial charge in [0.1, 0.15) is 0 Å². The van der Waals surface area contributed by atoms with Gasteiger partial charge in [0.15, 0.2) is 0 Å². The van der Waals surface area contributed by atoms with Crippen LogP contribution in [0.4, 0.5) is 0 Å². The largest absolute Gasteiger partial charge is 0.469 e. The number of carbonyl (C=O) groups is 2. The van der Waals surface area contributed by atoms with Crippen LogP contribution in [-0.2, 0) is 25.5 Å². The molecule has 0 aliphatic heterocycles. The molecular formula is C18H18O4. The summed E-state index contributed by atoms with van der Waals surface area (Å²) in [5.74, 6) is -0.664. The molecule has 114 valence electrons. The first kappa shape index (κ1) is 15.8. The van der Waals surface area contributed by atoms with Gasteiger partial charge in [-0.15, -0.1) is 0 Å². The standard InChI is InChI=1S/C18H18O4/c1-21-17(19)9-7-15-11-13-5-3-4-6-14(13)12-16(15)8-10-18(20)22-2/h3-7,9,11-12H,8,10H2,1-2H3/b9-7+. The van der Waals surface area contributed by atoms with E-state index in [9.17, 15) is 9.59 Å². The Labute approximate surface area is 129 Å². The Morgan fingerprint density at radius 1 is 1.05 bits per heavy atom. The number of benzene rings is 2. The minimum atomic E-state index is -0.410. The molecule has 0 saturated carbocycles. The number of hydrogen-bond donors (Lipinski definition) is 0. The van der Waals surface area contributed by atoms with Gasteiger partial charge in [-0.1, -0.05) is 30.3 Å². The molecule has 4 heteroatoms. The predicted molar refractivity (Wildman–Crippen MR) is 85.3 cm³/mol. The highest BCUT2D eigenvalue weighted by Crippen LogP contribution is 2.22. The summed E-state index contributed by atoms with van der Waals surface area (Å²) in [6, 6.07) is 12.0. The lowest BCUT2D eigenvalue weighted by molar-refractivity contribution is -0.140. The molecule has 4 nitrogen and oxygen atoms in total. The van der Waals surface area contributed by atoms with Gasteiger partial charge in [0.05, 0.1) is 14.2 Å². The molecule has 0 saturated heterocycles. The molecule has 2 aromatic carbocycles. The highest BCUT2D eigenvalue weighted by atomic mass is 16.5. The molecule has 0 aromatic heterocycles. The quantitative estimate of drug-likeness (QED) is 0.628. The first-order valence-corrected chi connectivity index (χ1v) is 6.98. The molecule has 0 bridgehead atoms. The predicted octanol–water partition coefficient (Wildman–Crippen LogP) is 3.13. The van der Waals surface area contributed by atoms with Crippen LogP contribution < -0.4 is 0 Å². The molecular weight excluding hydrogens is 280 g/mol. The van der Waals surface area contributed by atoms with E-state index in [-0.39, 0.29) is 5.97 Å². The summed E-state index contributed by atoms with van der Waals surface area (Å²) in [5, 5.41) is 2.17. The molecule has 0 atom stereocenters. The summed E-state index contributed by atoms with van der Waals surface area (Å²) >= 11 is 0. The highest BCUT2D eigenvalue weighted by molar-refractivity contribution is 5.90. The van der Waals surface area contributed by atoms with Crippen molar-refractivity contribution in [1.82, 2.24) is 0 Å². The monoisotopic (exact) mass is 298 g/mol. The molecule has 0 radical (unpaired) electrons. The molecule has 0 aliphatic rings. The number of carbonyl (C=O) groups excluding carboxylic acids is 2. The minimum absolute atomic E-state index is 0.254. The Morgan fingerprint density at radius 3 is 2.36 bits per heavy atom. The molecule has 2 aromatic rings. The number of hydrogen-bond acceptors (Lipinski definition) is 4. The van der Waals surface area contributed by atoms with Crippen molar-refractivity contribution in [2.45, 2.75) is 12.8 Å². The maximum absolute atomic E-state index is 11.4. The second-order valence-electron chi connectivity index (χ2n) is 4.83. The molecule has 22 heavy (non-hydrogen) atoms. The fourth-order valence-electron chi connectivity index (χ4n) is 2.24. The Hall–Kier alpha value is -2.62. The van der Waals surface area contributed by atoms with E-state index < -0.39 is 5.97 Å². The first-order valence-electron chi connectivity index (χ1n) is 6.98. The Kier molecular flexibility index (Phi) is 5.31. The van der Waals surface area contributed by atoms with E-state index in [1.54, 1.807) is 6.08 Å². The van der Waals surface area contributed by atoms with E-state index >= 15 is 0 Å². The van der Waals surface area contributed by atoms with Gasteiger partial charge in [0.25, 0.3) is 0 Å². The number of fused-ring (bicyclic) bond motifs is 1. The van der Waals surface area contributed by atoms with E-state index in [4.69, 9.17) is 0 Å². The third-order valence-corrected chi connectivity index (χ3v) is 3.43. The lowest BCUT2D eigenvalue weighted by Gasteiger charge is -2.08. The van der Waals surface area contributed by atoms with Crippen LogP contribution >= 0.6 is 0 Å². The molecule has 2 rings (SSSR count). The topological polar surface area (TPSA) is 52.6 Å². The second kappa shape index (κ2) is 7.41. The summed E-state index contributed by atoms with van der Waals surface area (Å²) in [7, 11) is 2.71. The summed E-state index contributed by atoms with van der Waals surface area (Å²) in [6.45, 7) is 0. The number of esters is 2. The number of methoxy groups -OCH3 is 2. The molecule has 0 heterocycles. The average molecular weight is 298 g/mol. The Morgan fingerprint density at radius 2 is 1.73 bits per heavy atom. The van der Waals surface area contributed by atoms with Crippen LogP contribution in [0.2, 0.25) is 0 Å². The van der Waals surface area contributed by atoms with Gasteiger partial charge in [-0.25, -0.2) is 4.79 Å². The van der Waals surface area contributed by atoms with Gasteiger partial charge in [-0.05, 0) is 40.5 Å². The van der Waals surface area contributed by atoms with Gasteiger partial charge < -0.3 is 9.47 Å². The van der Waals surface area contributed by atoms with Crippen LogP contribution in [-0.4, -0.2) is 26.2 Å². The number of rotatable bonds is 5. The Bertz CT molecular complexity index is 716. The molecule has 0 N–H and O–H groups in total. The fraction of sp³-hybridized carbons (Fsp3) is 0.222. The van der Waals surface area contributed by atoms with E-state index in [1.807, 2.05) is 36.4 Å². The third kappa shape index (κ3) is 3.95. The van der Waals surface area contributed by atoms with Crippen LogP contribution in [0.15, 0.2) is 42.5 Å². The molecule has 0 aliphatic carbocycles. The maximum Gasteiger partial charge on any atom is 0.330 e. The van der Waals surface area contributed by atoms with E-state index in [0.717, 1.165) is 21.9 Å². The zero-order valence-electron chi connectivity index (χ0n) is 12.7. The van der Waals surface area contributed by atoms with Crippen LogP contribution in [0.5, 0.6) is 0 Å². The first-order chi connectivity index (χ1) is 10.6. The van der Waals surface area contributed by atoms with Crippen LogP contribution in [0, 0.1) is 0 Å². The van der Waals surface area contributed by atoms with E-state index in [2.05, 4.69) is 9.47 Å². The lowest BCUT2D eigenvalue weighted by atomic mass is 9.97. The normalized spacial score (nSPS) is 10.8. The zero-order valence-corrected chi connectivity index (χ0v) is 12.7. The van der Waals surface area contributed by atoms with Gasteiger partial charge in [0, 0.05) is 12.5 Å². The molecule has 0 amide bonds. The van der Waals surface area contributed by atoms with Crippen molar-refractivity contribution in [1.29, 1.82) is 0 Å². The molecule has 0 spiro atoms. The fourth-order valence-corrected chi connectivity index (χ4v) is 2.24. The minimum Gasteiger partial charge on any atom is -0.469 e. The average Bonchev–Trinajstić information content (AvgIpc) is 2.56. The van der Waals surface area contributed by atoms with Crippen LogP contribution in [0.1, 0.15) is 17.5 Å². The van der Waals surface area contributed by atoms with Gasteiger partial charge >= 0.3 is 11.9 Å². The highest BCUT2D eigenvalue weighted by Gasteiger charge is 2.07. The molecule has 0 fully saturated rings. The van der Waals surface area contributed by atoms with Crippen molar-refractivity contribution < 1.29 is 19.1 Å². The SMILES string of the molecule is COC(=O)/C=C/c1cc2ccccc2cc1CCC(=O)OC. The summed E-state index contributed by atoms with van der Waals surface area (Å²) < 4.78 is 9.30. The van der Waals surface area contributed by atoms with Gasteiger partial charge in [-0.3, -0.25) is 4.79 Å². The third-order valence-electron chi connectivity index (χ3n) is 3.43. The van der Waals surface area contributed by atoms with Gasteiger partial charge in [-0.2, -0.15) is 0 Å². The maximum atomic E-state index is 11.4. The van der Waals surface area contributed by atoms with Crippen molar-refractivity contribution >= 4 is 28.8 Å². The summed E-state index contributed by atoms with van der Waals surface area (Å²) in [6.07, 6.45) is 3.95. The Balaban J connectivity index is 2.38. The zero-order chi connectivity index (χ0) is 15.9. The van der Waals surface area contributed by atoms with Crippen molar-refractivity contribution in [2.75, 3.05) is 14.2 Å². The lowest BCUT2D eigenvalue weighted by Crippen LogP contribution is -2.03. The van der Waals surface area contributed by atoms with Gasteiger partial charge in [0.2, 0.25) is 0 Å². The summed E-state index contributed by atoms with van der Waals surface area (Å²) in [5.41, 5.74) is 1.89. The van der Waals surface area contributed by atoms with Crippen LogP contribution in [0.25, 0.3) is 16.8 Å². The second-order valence-corrected chi connectivity index (χ2v) is 4.83. The van der Waals surface area contributed by atoms with E-state index in [1.165, 1.54) is 20.3 Å². The smallest absolute Gasteiger partial charge is 0.330 e. The van der Waals surface area contributed by atoms with Crippen molar-refractivity contribution in [3.63, 3.8) is 0 Å². The molecule has 0 unspecified atom stereocenters. The number of ether oxygens (including phenoxy) is 2. The van der Waals surface area contributed by atoms with E-state index in [0.29, 0.717) is 12.8 Å². The van der Waals surface area contributed by atoms with Crippen molar-refractivity contribution in [3.05, 3.63) is 53.6 Å².